The average Bonchev–Trinajstić information content (AvgIpc) is 2.68. The van der Waals surface area contributed by atoms with Crippen LogP contribution in [0.2, 0.25) is 0 Å². The summed E-state index contributed by atoms with van der Waals surface area (Å²) in [6.45, 7) is 6.62. The number of rotatable bonds is 15. The molecule has 0 fully saturated rings. The van der Waals surface area contributed by atoms with E-state index in [9.17, 15) is 27.9 Å². The smallest absolute Gasteiger partial charge is 0.748 e. The van der Waals surface area contributed by atoms with Crippen LogP contribution in [0.3, 0.4) is 0 Å². The fourth-order valence-corrected chi connectivity index (χ4v) is 3.79. The van der Waals surface area contributed by atoms with Crippen LogP contribution in [0.4, 0.5) is 5.69 Å². The van der Waals surface area contributed by atoms with Gasteiger partial charge < -0.3 is 14.6 Å². The molecule has 1 N–H and O–H groups in total. The van der Waals surface area contributed by atoms with Crippen molar-refractivity contribution < 1.29 is 57.0 Å². The van der Waals surface area contributed by atoms with Crippen molar-refractivity contribution in [1.29, 1.82) is 0 Å². The molecule has 0 spiro atoms. The Balaban J connectivity index is 0.00000961. The van der Waals surface area contributed by atoms with Crippen LogP contribution in [0.15, 0.2) is 12.1 Å². The molecule has 176 valence electrons. The fourth-order valence-electron chi connectivity index (χ4n) is 3.24. The Bertz CT molecular complexity index is 847. The van der Waals surface area contributed by atoms with Gasteiger partial charge in [0.2, 0.25) is 5.91 Å². The molecule has 0 aromatic heterocycles. The molecular formula is C21H33N2NaO7S. The first-order valence-corrected chi connectivity index (χ1v) is 12.2. The third kappa shape index (κ3) is 12.2. The van der Waals surface area contributed by atoms with Crippen LogP contribution in [0, 0.1) is 17.0 Å². The Hall–Kier alpha value is -1.20. The second-order valence-corrected chi connectivity index (χ2v) is 9.27. The Labute approximate surface area is 212 Å². The summed E-state index contributed by atoms with van der Waals surface area (Å²) in [5.41, 5.74) is 1.36. The predicted octanol–water partition coefficient (Wildman–Crippen LogP) is 0.802. The van der Waals surface area contributed by atoms with Gasteiger partial charge in [0.1, 0.15) is 5.75 Å². The van der Waals surface area contributed by atoms with Crippen molar-refractivity contribution in [2.75, 3.05) is 18.9 Å². The van der Waals surface area contributed by atoms with E-state index in [0.29, 0.717) is 56.4 Å². The minimum absolute atomic E-state index is 0. The number of nitrogens with one attached hydrogen (secondary N) is 1. The van der Waals surface area contributed by atoms with E-state index in [1.54, 1.807) is 6.07 Å². The molecular weight excluding hydrogens is 447 g/mol. The van der Waals surface area contributed by atoms with Gasteiger partial charge in [-0.25, -0.2) is 8.42 Å². The van der Waals surface area contributed by atoms with E-state index in [4.69, 9.17) is 4.74 Å². The van der Waals surface area contributed by atoms with Crippen molar-refractivity contribution in [3.8, 4) is 5.75 Å². The largest absolute Gasteiger partial charge is 1.00 e. The Morgan fingerprint density at radius 3 is 2.50 bits per heavy atom. The maximum absolute atomic E-state index is 11.6. The van der Waals surface area contributed by atoms with Gasteiger partial charge in [-0.3, -0.25) is 14.9 Å². The van der Waals surface area contributed by atoms with Crippen LogP contribution in [0.5, 0.6) is 5.75 Å². The van der Waals surface area contributed by atoms with E-state index < -0.39 is 15.0 Å². The molecule has 1 rings (SSSR count). The summed E-state index contributed by atoms with van der Waals surface area (Å²) >= 11 is 0. The zero-order valence-corrected chi connectivity index (χ0v) is 22.3. The predicted molar refractivity (Wildman–Crippen MR) is 117 cm³/mol. The molecule has 0 aliphatic heterocycles. The number of nitro benzene ring substituents is 1. The van der Waals surface area contributed by atoms with Gasteiger partial charge in [0, 0.05) is 24.3 Å². The number of hydrogen-bond donors (Lipinski definition) is 1. The average molecular weight is 481 g/mol. The summed E-state index contributed by atoms with van der Waals surface area (Å²) in [7, 11) is -4.20. The van der Waals surface area contributed by atoms with Crippen LogP contribution >= 0.6 is 0 Å². The van der Waals surface area contributed by atoms with Gasteiger partial charge in [0.15, 0.2) is 0 Å². The summed E-state index contributed by atoms with van der Waals surface area (Å²) in [5.74, 6) is -0.0888. The summed E-state index contributed by atoms with van der Waals surface area (Å²) in [6, 6.07) is 3.19. The third-order valence-electron chi connectivity index (χ3n) is 4.96. The van der Waals surface area contributed by atoms with Crippen molar-refractivity contribution in [3.63, 3.8) is 0 Å². The van der Waals surface area contributed by atoms with E-state index in [0.717, 1.165) is 12.0 Å². The van der Waals surface area contributed by atoms with Crippen molar-refractivity contribution in [2.45, 2.75) is 71.6 Å². The Kier molecular flexibility index (Phi) is 15.0. The van der Waals surface area contributed by atoms with Crippen LogP contribution in [0.25, 0.3) is 0 Å². The molecule has 0 saturated carbocycles. The second-order valence-electron chi connectivity index (χ2n) is 7.75. The van der Waals surface area contributed by atoms with Crippen LogP contribution in [-0.2, 0) is 14.9 Å². The van der Waals surface area contributed by atoms with Gasteiger partial charge in [0.25, 0.3) is 5.69 Å². The Morgan fingerprint density at radius 2 is 1.91 bits per heavy atom. The van der Waals surface area contributed by atoms with Gasteiger partial charge >= 0.3 is 29.6 Å². The molecule has 0 aliphatic rings. The van der Waals surface area contributed by atoms with Crippen molar-refractivity contribution >= 4 is 21.7 Å². The Morgan fingerprint density at radius 1 is 1.22 bits per heavy atom. The number of unbranched alkanes of at least 4 members (excludes halogenated alkanes) is 2. The number of nitrogens with zero attached hydrogens (tertiary/aromatic N) is 1. The number of hydrogen-bond acceptors (Lipinski definition) is 7. The number of amides is 1. The van der Waals surface area contributed by atoms with Crippen molar-refractivity contribution in [3.05, 3.63) is 33.4 Å². The molecule has 0 bridgehead atoms. The number of ether oxygens (including phenoxy) is 1. The van der Waals surface area contributed by atoms with Gasteiger partial charge in [0.05, 0.1) is 27.7 Å². The van der Waals surface area contributed by atoms with Crippen LogP contribution < -0.4 is 39.6 Å². The number of benzene rings is 1. The quantitative estimate of drug-likeness (QED) is 0.129. The summed E-state index contributed by atoms with van der Waals surface area (Å²) in [5, 5.41) is 14.4. The minimum Gasteiger partial charge on any atom is -0.748 e. The molecule has 0 aliphatic carbocycles. The number of aryl methyl sites for hydroxylation is 1. The first-order chi connectivity index (χ1) is 14.5. The molecule has 1 aromatic carbocycles. The molecule has 0 heterocycles. The number of nitro groups is 1. The normalized spacial score (nSPS) is 12.0. The molecule has 1 atom stereocenters. The van der Waals surface area contributed by atoms with Crippen LogP contribution in [0.1, 0.15) is 75.8 Å². The molecule has 0 saturated heterocycles. The summed E-state index contributed by atoms with van der Waals surface area (Å²) < 4.78 is 37.6. The van der Waals surface area contributed by atoms with Crippen LogP contribution in [-0.4, -0.2) is 42.7 Å². The van der Waals surface area contributed by atoms with E-state index in [1.165, 1.54) is 6.07 Å². The third-order valence-corrected chi connectivity index (χ3v) is 5.75. The molecule has 1 amide bonds. The zero-order valence-electron chi connectivity index (χ0n) is 19.5. The van der Waals surface area contributed by atoms with Gasteiger partial charge in [-0.2, -0.15) is 0 Å². The molecule has 1 unspecified atom stereocenters. The fraction of sp³-hybridized carbons (Fsp3) is 0.667. The van der Waals surface area contributed by atoms with E-state index in [2.05, 4.69) is 5.32 Å². The van der Waals surface area contributed by atoms with Gasteiger partial charge in [-0.05, 0) is 50.2 Å². The topological polar surface area (TPSA) is 139 Å². The monoisotopic (exact) mass is 480 g/mol. The maximum Gasteiger partial charge on any atom is 1.00 e. The number of carbonyl (C=O) groups is 1. The molecule has 9 nitrogen and oxygen atoms in total. The van der Waals surface area contributed by atoms with Crippen molar-refractivity contribution in [2.24, 2.45) is 0 Å². The van der Waals surface area contributed by atoms with E-state index in [-0.39, 0.29) is 59.4 Å². The SMILES string of the molecule is CCCNC(=O)CCCOc1cc([N+](=O)[O-])c(C(C)CCCCCS(=O)(=O)[O-])cc1C.[Na+]. The van der Waals surface area contributed by atoms with Crippen molar-refractivity contribution in [1.82, 2.24) is 5.32 Å². The first kappa shape index (κ1) is 30.8. The maximum atomic E-state index is 11.6. The summed E-state index contributed by atoms with van der Waals surface area (Å²) in [6.07, 6.45) is 3.91. The molecule has 1 aromatic rings. The molecule has 11 heteroatoms. The standard InChI is InChI=1S/C21H34N2O7S.Na/c1-4-11-22-21(24)10-8-12-30-20-15-19(23(25)26)18(14-17(20)3)16(2)9-6-5-7-13-31(27,28)29;/h14-16H,4-13H2,1-3H3,(H,22,24)(H,27,28,29);/q;+1/p-1. The van der Waals surface area contributed by atoms with E-state index >= 15 is 0 Å². The van der Waals surface area contributed by atoms with E-state index in [1.807, 2.05) is 20.8 Å². The zero-order chi connectivity index (χ0) is 23.4. The summed E-state index contributed by atoms with van der Waals surface area (Å²) in [4.78, 5) is 22.8. The van der Waals surface area contributed by atoms with Gasteiger partial charge in [-0.1, -0.05) is 26.7 Å². The second kappa shape index (κ2) is 15.6. The minimum atomic E-state index is -4.20. The number of carbonyl (C=O) groups excluding carboxylic acids is 1. The van der Waals surface area contributed by atoms with Gasteiger partial charge in [-0.15, -0.1) is 0 Å². The molecule has 32 heavy (non-hydrogen) atoms. The first-order valence-electron chi connectivity index (χ1n) is 10.7. The molecule has 0 radical (unpaired) electrons.